The van der Waals surface area contributed by atoms with Crippen molar-refractivity contribution >= 4 is 12.0 Å². The number of urea groups is 1. The molecule has 0 bridgehead atoms. The number of ether oxygens (including phenoxy) is 1. The summed E-state index contributed by atoms with van der Waals surface area (Å²) >= 11 is 0. The lowest BCUT2D eigenvalue weighted by atomic mass is 10.2. The van der Waals surface area contributed by atoms with Crippen molar-refractivity contribution in [1.82, 2.24) is 10.2 Å². The van der Waals surface area contributed by atoms with Gasteiger partial charge >= 0.3 is 12.0 Å². The molecule has 0 fully saturated rings. The number of rotatable bonds is 7. The van der Waals surface area contributed by atoms with Crippen molar-refractivity contribution in [2.75, 3.05) is 26.8 Å². The highest BCUT2D eigenvalue weighted by Crippen LogP contribution is 2.00. The van der Waals surface area contributed by atoms with Crippen LogP contribution in [0.5, 0.6) is 0 Å². The number of aliphatic carboxylic acids is 1. The fraction of sp³-hybridized carbons (Fsp3) is 0.818. The molecule has 6 heteroatoms. The smallest absolute Gasteiger partial charge is 0.325 e. The lowest BCUT2D eigenvalue weighted by molar-refractivity contribution is -0.138. The molecule has 0 spiro atoms. The molecule has 0 rings (SSSR count). The lowest BCUT2D eigenvalue weighted by Gasteiger charge is -2.25. The predicted molar refractivity (Wildman–Crippen MR) is 63.9 cm³/mol. The fourth-order valence-corrected chi connectivity index (χ4v) is 1.26. The Balaban J connectivity index is 4.35. The first-order chi connectivity index (χ1) is 7.88. The molecular formula is C11H22N2O4. The zero-order chi connectivity index (χ0) is 13.4. The standard InChI is InChI=1S/C11H22N2O4/c1-8(2)7-13(5-6-17-4)11(16)12-9(3)10(14)15/h8-9H,5-7H2,1-4H3,(H,12,16)(H,14,15). The molecule has 0 aliphatic heterocycles. The molecule has 0 aromatic carbocycles. The Hall–Kier alpha value is -1.30. The number of carbonyl (C=O) groups is 2. The first-order valence-electron chi connectivity index (χ1n) is 5.65. The van der Waals surface area contributed by atoms with E-state index < -0.39 is 12.0 Å². The summed E-state index contributed by atoms with van der Waals surface area (Å²) in [7, 11) is 1.56. The minimum absolute atomic E-state index is 0.317. The molecule has 17 heavy (non-hydrogen) atoms. The molecule has 0 saturated carbocycles. The molecule has 0 aliphatic rings. The molecule has 0 saturated heterocycles. The van der Waals surface area contributed by atoms with E-state index in [2.05, 4.69) is 5.32 Å². The molecule has 2 N–H and O–H groups in total. The van der Waals surface area contributed by atoms with E-state index in [1.54, 1.807) is 12.0 Å². The molecule has 0 aromatic heterocycles. The Labute approximate surface area is 102 Å². The van der Waals surface area contributed by atoms with E-state index in [1.807, 2.05) is 13.8 Å². The summed E-state index contributed by atoms with van der Waals surface area (Å²) in [4.78, 5) is 24.0. The maximum Gasteiger partial charge on any atom is 0.325 e. The Morgan fingerprint density at radius 1 is 1.35 bits per heavy atom. The molecule has 0 aromatic rings. The Morgan fingerprint density at radius 3 is 2.35 bits per heavy atom. The first-order valence-corrected chi connectivity index (χ1v) is 5.65. The van der Waals surface area contributed by atoms with Crippen molar-refractivity contribution in [2.24, 2.45) is 5.92 Å². The molecule has 2 amide bonds. The zero-order valence-electron chi connectivity index (χ0n) is 10.9. The van der Waals surface area contributed by atoms with Crippen LogP contribution in [0.4, 0.5) is 4.79 Å². The summed E-state index contributed by atoms with van der Waals surface area (Å²) in [6.45, 7) is 6.88. The second-order valence-corrected chi connectivity index (χ2v) is 4.34. The Morgan fingerprint density at radius 2 is 1.94 bits per heavy atom. The third-order valence-corrected chi connectivity index (χ3v) is 2.15. The van der Waals surface area contributed by atoms with Gasteiger partial charge in [-0.05, 0) is 12.8 Å². The number of methoxy groups -OCH3 is 1. The second-order valence-electron chi connectivity index (χ2n) is 4.34. The van der Waals surface area contributed by atoms with Crippen molar-refractivity contribution in [3.8, 4) is 0 Å². The van der Waals surface area contributed by atoms with Crippen LogP contribution >= 0.6 is 0 Å². The highest BCUT2D eigenvalue weighted by atomic mass is 16.5. The molecule has 1 atom stereocenters. The van der Waals surface area contributed by atoms with Crippen LogP contribution in [0.25, 0.3) is 0 Å². The Kier molecular flexibility index (Phi) is 7.29. The van der Waals surface area contributed by atoms with Gasteiger partial charge in [-0.15, -0.1) is 0 Å². The van der Waals surface area contributed by atoms with Crippen molar-refractivity contribution in [2.45, 2.75) is 26.8 Å². The number of nitrogens with one attached hydrogen (secondary N) is 1. The summed E-state index contributed by atoms with van der Waals surface area (Å²) in [5.41, 5.74) is 0. The van der Waals surface area contributed by atoms with E-state index in [0.717, 1.165) is 0 Å². The number of carbonyl (C=O) groups excluding carboxylic acids is 1. The zero-order valence-corrected chi connectivity index (χ0v) is 10.9. The van der Waals surface area contributed by atoms with Crippen LogP contribution in [0.3, 0.4) is 0 Å². The van der Waals surface area contributed by atoms with E-state index in [0.29, 0.717) is 25.6 Å². The summed E-state index contributed by atoms with van der Waals surface area (Å²) in [6, 6.07) is -1.26. The number of nitrogens with zero attached hydrogens (tertiary/aromatic N) is 1. The molecule has 1 unspecified atom stereocenters. The molecule has 0 radical (unpaired) electrons. The number of carboxylic acid groups (broad SMARTS) is 1. The number of carboxylic acids is 1. The van der Waals surface area contributed by atoms with E-state index in [1.165, 1.54) is 6.92 Å². The van der Waals surface area contributed by atoms with E-state index in [9.17, 15) is 9.59 Å². The van der Waals surface area contributed by atoms with E-state index in [4.69, 9.17) is 9.84 Å². The summed E-state index contributed by atoms with van der Waals surface area (Å²) in [5, 5.41) is 11.1. The van der Waals surface area contributed by atoms with Gasteiger partial charge in [0.05, 0.1) is 6.61 Å². The highest BCUT2D eigenvalue weighted by molar-refractivity contribution is 5.82. The second kappa shape index (κ2) is 7.89. The normalized spacial score (nSPS) is 12.3. The van der Waals surface area contributed by atoms with Crippen molar-refractivity contribution in [3.05, 3.63) is 0 Å². The van der Waals surface area contributed by atoms with Crippen LogP contribution in [0.2, 0.25) is 0 Å². The van der Waals surface area contributed by atoms with Gasteiger partial charge in [0.2, 0.25) is 0 Å². The van der Waals surface area contributed by atoms with Gasteiger partial charge in [-0.25, -0.2) is 4.79 Å². The van der Waals surface area contributed by atoms with Gasteiger partial charge < -0.3 is 20.1 Å². The monoisotopic (exact) mass is 246 g/mol. The molecule has 100 valence electrons. The SMILES string of the molecule is COCCN(CC(C)C)C(=O)NC(C)C(=O)O. The third-order valence-electron chi connectivity index (χ3n) is 2.15. The predicted octanol–water partition coefficient (Wildman–Crippen LogP) is 0.773. The van der Waals surface area contributed by atoms with Crippen molar-refractivity contribution in [3.63, 3.8) is 0 Å². The maximum absolute atomic E-state index is 11.8. The topological polar surface area (TPSA) is 78.9 Å². The average Bonchev–Trinajstić information content (AvgIpc) is 2.23. The van der Waals surface area contributed by atoms with Crippen LogP contribution in [-0.2, 0) is 9.53 Å². The van der Waals surface area contributed by atoms with E-state index in [-0.39, 0.29) is 6.03 Å². The number of hydrogen-bond donors (Lipinski definition) is 2. The van der Waals surface area contributed by atoms with Gasteiger partial charge in [0.1, 0.15) is 6.04 Å². The van der Waals surface area contributed by atoms with Gasteiger partial charge in [-0.2, -0.15) is 0 Å². The van der Waals surface area contributed by atoms with Gasteiger partial charge in [0, 0.05) is 20.2 Å². The largest absolute Gasteiger partial charge is 0.480 e. The molecular weight excluding hydrogens is 224 g/mol. The van der Waals surface area contributed by atoms with Crippen LogP contribution < -0.4 is 5.32 Å². The summed E-state index contributed by atoms with van der Waals surface area (Å²) in [6.07, 6.45) is 0. The van der Waals surface area contributed by atoms with Crippen LogP contribution in [-0.4, -0.2) is 54.9 Å². The van der Waals surface area contributed by atoms with Gasteiger partial charge in [0.15, 0.2) is 0 Å². The first kappa shape index (κ1) is 15.7. The van der Waals surface area contributed by atoms with Crippen molar-refractivity contribution in [1.29, 1.82) is 0 Å². The van der Waals surface area contributed by atoms with Crippen LogP contribution in [0.15, 0.2) is 0 Å². The average molecular weight is 246 g/mol. The van der Waals surface area contributed by atoms with Gasteiger partial charge in [-0.3, -0.25) is 4.79 Å². The molecule has 6 nitrogen and oxygen atoms in total. The number of amides is 2. The van der Waals surface area contributed by atoms with Crippen molar-refractivity contribution < 1.29 is 19.4 Å². The summed E-state index contributed by atoms with van der Waals surface area (Å²) in [5.74, 6) is -0.729. The Bertz CT molecular complexity index is 256. The maximum atomic E-state index is 11.8. The van der Waals surface area contributed by atoms with Gasteiger partial charge in [-0.1, -0.05) is 13.8 Å². The summed E-state index contributed by atoms with van der Waals surface area (Å²) < 4.78 is 4.92. The molecule has 0 heterocycles. The van der Waals surface area contributed by atoms with Gasteiger partial charge in [0.25, 0.3) is 0 Å². The van der Waals surface area contributed by atoms with Crippen LogP contribution in [0, 0.1) is 5.92 Å². The minimum Gasteiger partial charge on any atom is -0.480 e. The van der Waals surface area contributed by atoms with E-state index >= 15 is 0 Å². The molecule has 0 aliphatic carbocycles. The minimum atomic E-state index is -1.05. The quantitative estimate of drug-likeness (QED) is 0.695. The number of hydrogen-bond acceptors (Lipinski definition) is 3. The lowest BCUT2D eigenvalue weighted by Crippen LogP contribution is -2.48. The highest BCUT2D eigenvalue weighted by Gasteiger charge is 2.19. The fourth-order valence-electron chi connectivity index (χ4n) is 1.26. The third kappa shape index (κ3) is 6.78. The van der Waals surface area contributed by atoms with Crippen LogP contribution in [0.1, 0.15) is 20.8 Å².